The van der Waals surface area contributed by atoms with E-state index in [1.54, 1.807) is 0 Å². The molecule has 1 unspecified atom stereocenters. The van der Waals surface area contributed by atoms with Gasteiger partial charge in [-0.05, 0) is 17.5 Å². The summed E-state index contributed by atoms with van der Waals surface area (Å²) in [5.41, 5.74) is 1.12. The second-order valence-corrected chi connectivity index (χ2v) is 3.58. The van der Waals surface area contributed by atoms with Gasteiger partial charge in [-0.3, -0.25) is 0 Å². The quantitative estimate of drug-likeness (QED) is 0.772. The normalized spacial score (nSPS) is 13.3. The van der Waals surface area contributed by atoms with Crippen molar-refractivity contribution in [2.45, 2.75) is 6.04 Å². The van der Waals surface area contributed by atoms with Crippen LogP contribution < -0.4 is 0 Å². The molecule has 0 amide bonds. The van der Waals surface area contributed by atoms with Crippen LogP contribution in [-0.2, 0) is 0 Å². The standard InChI is InChI=1S/C11H12ClNO/c12-7-10(8-14)13-6-5-9-3-1-2-4-11(9)13/h1-6,10,14H,7-8H2. The average molecular weight is 210 g/mol. The molecule has 0 aliphatic rings. The van der Waals surface area contributed by atoms with Crippen LogP contribution in [0.5, 0.6) is 0 Å². The van der Waals surface area contributed by atoms with E-state index in [2.05, 4.69) is 6.07 Å². The van der Waals surface area contributed by atoms with E-state index in [4.69, 9.17) is 16.7 Å². The van der Waals surface area contributed by atoms with Gasteiger partial charge in [-0.15, -0.1) is 11.6 Å². The number of halogens is 1. The number of aliphatic hydroxyl groups is 1. The Hall–Kier alpha value is -0.990. The summed E-state index contributed by atoms with van der Waals surface area (Å²) >= 11 is 5.78. The highest BCUT2D eigenvalue weighted by Crippen LogP contribution is 2.20. The number of fused-ring (bicyclic) bond motifs is 1. The first-order chi connectivity index (χ1) is 6.86. The molecule has 2 aromatic rings. The number of aliphatic hydroxyl groups excluding tert-OH is 1. The van der Waals surface area contributed by atoms with Crippen LogP contribution >= 0.6 is 11.6 Å². The maximum atomic E-state index is 9.15. The van der Waals surface area contributed by atoms with Crippen LogP contribution in [0.15, 0.2) is 36.5 Å². The first-order valence-corrected chi connectivity index (χ1v) is 5.12. The van der Waals surface area contributed by atoms with Crippen molar-refractivity contribution >= 4 is 22.5 Å². The molecule has 1 atom stereocenters. The van der Waals surface area contributed by atoms with Gasteiger partial charge in [0.2, 0.25) is 0 Å². The molecule has 0 saturated carbocycles. The third kappa shape index (κ3) is 1.51. The first-order valence-electron chi connectivity index (χ1n) is 4.59. The Morgan fingerprint density at radius 2 is 2.07 bits per heavy atom. The van der Waals surface area contributed by atoms with Crippen LogP contribution in [0.25, 0.3) is 10.9 Å². The first kappa shape index (κ1) is 9.56. The fraction of sp³-hybridized carbons (Fsp3) is 0.273. The van der Waals surface area contributed by atoms with Gasteiger partial charge in [0, 0.05) is 17.6 Å². The second-order valence-electron chi connectivity index (χ2n) is 3.27. The lowest BCUT2D eigenvalue weighted by Gasteiger charge is -2.14. The maximum Gasteiger partial charge on any atom is 0.0702 e. The van der Waals surface area contributed by atoms with E-state index in [1.165, 1.54) is 5.39 Å². The molecule has 0 radical (unpaired) electrons. The summed E-state index contributed by atoms with van der Waals surface area (Å²) in [6.45, 7) is 0.0716. The fourth-order valence-corrected chi connectivity index (χ4v) is 1.88. The number of nitrogens with zero attached hydrogens (tertiary/aromatic N) is 1. The molecule has 0 spiro atoms. The van der Waals surface area contributed by atoms with Gasteiger partial charge < -0.3 is 9.67 Å². The SMILES string of the molecule is OCC(CCl)n1ccc2ccccc21. The van der Waals surface area contributed by atoms with Crippen LogP contribution in [-0.4, -0.2) is 22.2 Å². The number of aromatic nitrogens is 1. The number of alkyl halides is 1. The van der Waals surface area contributed by atoms with Gasteiger partial charge in [0.25, 0.3) is 0 Å². The highest BCUT2D eigenvalue weighted by atomic mass is 35.5. The van der Waals surface area contributed by atoms with E-state index >= 15 is 0 Å². The molecule has 14 heavy (non-hydrogen) atoms. The molecule has 0 aliphatic heterocycles. The van der Waals surface area contributed by atoms with E-state index in [-0.39, 0.29) is 12.6 Å². The van der Waals surface area contributed by atoms with E-state index in [0.717, 1.165) is 5.52 Å². The number of para-hydroxylation sites is 1. The summed E-state index contributed by atoms with van der Waals surface area (Å²) in [7, 11) is 0. The van der Waals surface area contributed by atoms with Crippen LogP contribution in [0.1, 0.15) is 6.04 Å². The molecule has 3 heteroatoms. The van der Waals surface area contributed by atoms with Gasteiger partial charge in [-0.1, -0.05) is 18.2 Å². The Balaban J connectivity index is 2.51. The van der Waals surface area contributed by atoms with Gasteiger partial charge in [0.1, 0.15) is 0 Å². The Bertz CT molecular complexity index is 420. The van der Waals surface area contributed by atoms with Crippen molar-refractivity contribution in [2.75, 3.05) is 12.5 Å². The van der Waals surface area contributed by atoms with Gasteiger partial charge >= 0.3 is 0 Å². The predicted molar refractivity (Wildman–Crippen MR) is 58.8 cm³/mol. The van der Waals surface area contributed by atoms with E-state index in [1.807, 2.05) is 35.0 Å². The maximum absolute atomic E-state index is 9.15. The average Bonchev–Trinajstić information content (AvgIpc) is 2.65. The topological polar surface area (TPSA) is 25.2 Å². The second kappa shape index (κ2) is 4.03. The molecule has 2 nitrogen and oxygen atoms in total. The van der Waals surface area contributed by atoms with Crippen LogP contribution in [0.3, 0.4) is 0 Å². The molecule has 1 aromatic carbocycles. The van der Waals surface area contributed by atoms with E-state index in [9.17, 15) is 0 Å². The van der Waals surface area contributed by atoms with Crippen molar-refractivity contribution in [1.29, 1.82) is 0 Å². The Morgan fingerprint density at radius 1 is 1.29 bits per heavy atom. The minimum atomic E-state index is -0.0310. The lowest BCUT2D eigenvalue weighted by atomic mass is 10.2. The number of rotatable bonds is 3. The summed E-state index contributed by atoms with van der Waals surface area (Å²) in [6.07, 6.45) is 1.97. The lowest BCUT2D eigenvalue weighted by Crippen LogP contribution is -2.13. The van der Waals surface area contributed by atoms with Gasteiger partial charge in [0.05, 0.1) is 12.6 Å². The molecule has 2 rings (SSSR count). The zero-order valence-corrected chi connectivity index (χ0v) is 8.48. The molecule has 0 aliphatic carbocycles. The van der Waals surface area contributed by atoms with Gasteiger partial charge in [-0.2, -0.15) is 0 Å². The van der Waals surface area contributed by atoms with Crippen LogP contribution in [0.4, 0.5) is 0 Å². The number of hydrogen-bond donors (Lipinski definition) is 1. The van der Waals surface area contributed by atoms with Crippen molar-refractivity contribution in [3.8, 4) is 0 Å². The summed E-state index contributed by atoms with van der Waals surface area (Å²) in [6, 6.07) is 10.1. The molecule has 74 valence electrons. The van der Waals surface area contributed by atoms with E-state index in [0.29, 0.717) is 5.88 Å². The highest BCUT2D eigenvalue weighted by molar-refractivity contribution is 6.18. The number of benzene rings is 1. The smallest absolute Gasteiger partial charge is 0.0702 e. The summed E-state index contributed by atoms with van der Waals surface area (Å²) < 4.78 is 2.02. The molecule has 0 saturated heterocycles. The Morgan fingerprint density at radius 3 is 2.79 bits per heavy atom. The minimum Gasteiger partial charge on any atom is -0.394 e. The molecule has 0 bridgehead atoms. The molecular formula is C11H12ClNO. The van der Waals surface area contributed by atoms with Crippen molar-refractivity contribution in [3.05, 3.63) is 36.5 Å². The summed E-state index contributed by atoms with van der Waals surface area (Å²) in [5.74, 6) is 0.426. The highest BCUT2D eigenvalue weighted by Gasteiger charge is 2.09. The molecule has 1 N–H and O–H groups in total. The fourth-order valence-electron chi connectivity index (χ4n) is 1.63. The molecule has 0 fully saturated rings. The Labute approximate surface area is 87.7 Å². The molecular weight excluding hydrogens is 198 g/mol. The Kier molecular flexibility index (Phi) is 2.75. The summed E-state index contributed by atoms with van der Waals surface area (Å²) in [4.78, 5) is 0. The zero-order valence-electron chi connectivity index (χ0n) is 7.73. The van der Waals surface area contributed by atoms with Crippen molar-refractivity contribution < 1.29 is 5.11 Å². The molecule has 1 heterocycles. The monoisotopic (exact) mass is 209 g/mol. The van der Waals surface area contributed by atoms with Crippen LogP contribution in [0.2, 0.25) is 0 Å². The van der Waals surface area contributed by atoms with Gasteiger partial charge in [0.15, 0.2) is 0 Å². The number of hydrogen-bond acceptors (Lipinski definition) is 1. The largest absolute Gasteiger partial charge is 0.394 e. The van der Waals surface area contributed by atoms with Crippen molar-refractivity contribution in [1.82, 2.24) is 4.57 Å². The predicted octanol–water partition coefficient (Wildman–Crippen LogP) is 2.41. The van der Waals surface area contributed by atoms with Crippen molar-refractivity contribution in [3.63, 3.8) is 0 Å². The third-order valence-corrected chi connectivity index (χ3v) is 2.77. The lowest BCUT2D eigenvalue weighted by molar-refractivity contribution is 0.243. The third-order valence-electron chi connectivity index (χ3n) is 2.41. The minimum absolute atomic E-state index is 0.0310. The summed E-state index contributed by atoms with van der Waals surface area (Å²) in [5, 5.41) is 10.3. The van der Waals surface area contributed by atoms with Crippen molar-refractivity contribution in [2.24, 2.45) is 0 Å². The van der Waals surface area contributed by atoms with E-state index < -0.39 is 0 Å². The van der Waals surface area contributed by atoms with Gasteiger partial charge in [-0.25, -0.2) is 0 Å². The zero-order chi connectivity index (χ0) is 9.97. The van der Waals surface area contributed by atoms with Crippen LogP contribution in [0, 0.1) is 0 Å². The molecule has 1 aromatic heterocycles.